The maximum atomic E-state index is 4.52. The number of aromatic nitrogens is 2. The number of rotatable bonds is 8. The highest BCUT2D eigenvalue weighted by Gasteiger charge is 2.41. The molecule has 1 aliphatic carbocycles. The molecule has 1 fully saturated rings. The molecule has 0 spiro atoms. The number of nitrogens with one attached hydrogen (secondary N) is 2. The third-order valence-corrected chi connectivity index (χ3v) is 5.24. The SMILES string of the molecule is CCCNc1cc(NCC2(SC)CC2)nc(SC)n1. The van der Waals surface area contributed by atoms with Gasteiger partial charge in [0.05, 0.1) is 0 Å². The van der Waals surface area contributed by atoms with E-state index in [0.29, 0.717) is 4.75 Å². The molecule has 1 saturated carbocycles. The van der Waals surface area contributed by atoms with Crippen LogP contribution in [0.4, 0.5) is 11.6 Å². The Labute approximate surface area is 123 Å². The van der Waals surface area contributed by atoms with E-state index >= 15 is 0 Å². The fourth-order valence-corrected chi connectivity index (χ4v) is 2.90. The van der Waals surface area contributed by atoms with Crippen molar-refractivity contribution in [2.75, 3.05) is 36.2 Å². The highest BCUT2D eigenvalue weighted by atomic mass is 32.2. The summed E-state index contributed by atoms with van der Waals surface area (Å²) >= 11 is 3.54. The molecule has 0 unspecified atom stereocenters. The van der Waals surface area contributed by atoms with Crippen molar-refractivity contribution >= 4 is 35.2 Å². The van der Waals surface area contributed by atoms with Gasteiger partial charge in [0, 0.05) is 23.9 Å². The van der Waals surface area contributed by atoms with Gasteiger partial charge in [0.25, 0.3) is 0 Å². The highest BCUT2D eigenvalue weighted by molar-refractivity contribution is 8.00. The molecular weight excluding hydrogens is 276 g/mol. The minimum Gasteiger partial charge on any atom is -0.370 e. The van der Waals surface area contributed by atoms with Crippen molar-refractivity contribution in [3.8, 4) is 0 Å². The van der Waals surface area contributed by atoms with Gasteiger partial charge in [-0.25, -0.2) is 9.97 Å². The van der Waals surface area contributed by atoms with Gasteiger partial charge >= 0.3 is 0 Å². The van der Waals surface area contributed by atoms with E-state index in [1.807, 2.05) is 24.1 Å². The van der Waals surface area contributed by atoms with Crippen molar-refractivity contribution in [1.82, 2.24) is 9.97 Å². The average Bonchev–Trinajstić information content (AvgIpc) is 3.23. The molecule has 0 radical (unpaired) electrons. The Hall–Kier alpha value is -0.620. The molecular formula is C13H22N4S2. The minimum absolute atomic E-state index is 0.446. The fourth-order valence-electron chi connectivity index (χ4n) is 1.79. The minimum atomic E-state index is 0.446. The van der Waals surface area contributed by atoms with Crippen LogP contribution in [0, 0.1) is 0 Å². The van der Waals surface area contributed by atoms with Crippen molar-refractivity contribution in [3.63, 3.8) is 0 Å². The van der Waals surface area contributed by atoms with Crippen molar-refractivity contribution in [1.29, 1.82) is 0 Å². The topological polar surface area (TPSA) is 49.8 Å². The number of thioether (sulfide) groups is 2. The first-order valence-electron chi connectivity index (χ1n) is 6.67. The van der Waals surface area contributed by atoms with Crippen LogP contribution in [0.15, 0.2) is 11.2 Å². The first-order chi connectivity index (χ1) is 9.21. The Morgan fingerprint density at radius 2 is 1.89 bits per heavy atom. The van der Waals surface area contributed by atoms with Crippen LogP contribution in [0.1, 0.15) is 26.2 Å². The number of nitrogens with zero attached hydrogens (tertiary/aromatic N) is 2. The summed E-state index contributed by atoms with van der Waals surface area (Å²) in [5, 5.41) is 7.61. The Bertz CT molecular complexity index is 421. The quantitative estimate of drug-likeness (QED) is 0.567. The van der Waals surface area contributed by atoms with E-state index in [4.69, 9.17) is 0 Å². The normalized spacial score (nSPS) is 16.2. The summed E-state index contributed by atoms with van der Waals surface area (Å²) in [7, 11) is 0. The maximum absolute atomic E-state index is 4.52. The zero-order chi connectivity index (χ0) is 13.7. The smallest absolute Gasteiger partial charge is 0.191 e. The first kappa shape index (κ1) is 14.8. The van der Waals surface area contributed by atoms with Crippen molar-refractivity contribution in [3.05, 3.63) is 6.07 Å². The molecule has 19 heavy (non-hydrogen) atoms. The van der Waals surface area contributed by atoms with Gasteiger partial charge in [-0.1, -0.05) is 18.7 Å². The lowest BCUT2D eigenvalue weighted by molar-refractivity contribution is 0.900. The first-order valence-corrected chi connectivity index (χ1v) is 9.12. The van der Waals surface area contributed by atoms with Crippen molar-refractivity contribution in [2.24, 2.45) is 0 Å². The van der Waals surface area contributed by atoms with Gasteiger partial charge in [-0.2, -0.15) is 11.8 Å². The van der Waals surface area contributed by atoms with Crippen LogP contribution >= 0.6 is 23.5 Å². The predicted octanol–water partition coefficient (Wildman–Crippen LogP) is 3.33. The summed E-state index contributed by atoms with van der Waals surface area (Å²) in [5.41, 5.74) is 0. The molecule has 2 N–H and O–H groups in total. The monoisotopic (exact) mass is 298 g/mol. The van der Waals surface area contributed by atoms with Crippen LogP contribution in [0.2, 0.25) is 0 Å². The molecule has 0 bridgehead atoms. The van der Waals surface area contributed by atoms with Gasteiger partial charge in [-0.3, -0.25) is 0 Å². The zero-order valence-electron chi connectivity index (χ0n) is 11.8. The molecule has 0 aliphatic heterocycles. The molecule has 2 rings (SSSR count). The molecule has 0 aromatic carbocycles. The van der Waals surface area contributed by atoms with E-state index in [2.05, 4.69) is 33.8 Å². The molecule has 0 atom stereocenters. The zero-order valence-corrected chi connectivity index (χ0v) is 13.5. The summed E-state index contributed by atoms with van der Waals surface area (Å²) in [4.78, 5) is 8.98. The third-order valence-electron chi connectivity index (χ3n) is 3.28. The van der Waals surface area contributed by atoms with Crippen LogP contribution in [-0.2, 0) is 0 Å². The Morgan fingerprint density at radius 1 is 1.21 bits per heavy atom. The van der Waals surface area contributed by atoms with E-state index in [9.17, 15) is 0 Å². The summed E-state index contributed by atoms with van der Waals surface area (Å²) in [5.74, 6) is 1.84. The van der Waals surface area contributed by atoms with Crippen LogP contribution in [0.5, 0.6) is 0 Å². The van der Waals surface area contributed by atoms with E-state index < -0.39 is 0 Å². The van der Waals surface area contributed by atoms with Gasteiger partial charge < -0.3 is 10.6 Å². The number of anilines is 2. The standard InChI is InChI=1S/C13H22N4S2/c1-4-7-14-10-8-11(17-12(16-10)18-2)15-9-13(19-3)5-6-13/h8H,4-7,9H2,1-3H3,(H2,14,15,16,17). The van der Waals surface area contributed by atoms with Crippen LogP contribution < -0.4 is 10.6 Å². The fraction of sp³-hybridized carbons (Fsp3) is 0.692. The molecule has 1 heterocycles. The third kappa shape index (κ3) is 4.18. The molecule has 1 aliphatic rings. The summed E-state index contributed by atoms with van der Waals surface area (Å²) in [6, 6.07) is 2.01. The predicted molar refractivity (Wildman–Crippen MR) is 86.6 cm³/mol. The van der Waals surface area contributed by atoms with Gasteiger partial charge in [0.2, 0.25) is 0 Å². The molecule has 4 nitrogen and oxygen atoms in total. The van der Waals surface area contributed by atoms with Crippen LogP contribution in [0.25, 0.3) is 0 Å². The van der Waals surface area contributed by atoms with Gasteiger partial charge in [0.15, 0.2) is 5.16 Å². The summed E-state index contributed by atoms with van der Waals surface area (Å²) in [6.07, 6.45) is 7.91. The second-order valence-electron chi connectivity index (χ2n) is 4.79. The van der Waals surface area contributed by atoms with Gasteiger partial charge in [0.1, 0.15) is 11.6 Å². The molecule has 1 aromatic rings. The molecule has 6 heteroatoms. The number of hydrogen-bond acceptors (Lipinski definition) is 6. The molecule has 0 amide bonds. The largest absolute Gasteiger partial charge is 0.370 e. The van der Waals surface area contributed by atoms with Crippen LogP contribution in [-0.4, -0.2) is 40.3 Å². The van der Waals surface area contributed by atoms with E-state index in [1.54, 1.807) is 11.8 Å². The van der Waals surface area contributed by atoms with Gasteiger partial charge in [-0.15, -0.1) is 0 Å². The number of hydrogen-bond donors (Lipinski definition) is 2. The van der Waals surface area contributed by atoms with Crippen LogP contribution in [0.3, 0.4) is 0 Å². The molecule has 106 valence electrons. The maximum Gasteiger partial charge on any atom is 0.191 e. The second-order valence-corrected chi connectivity index (χ2v) is 6.84. The Kier molecular flexibility index (Phi) is 5.21. The molecule has 1 aromatic heterocycles. The van der Waals surface area contributed by atoms with Gasteiger partial charge in [-0.05, 0) is 31.8 Å². The average molecular weight is 298 g/mol. The lowest BCUT2D eigenvalue weighted by atomic mass is 10.4. The lowest BCUT2D eigenvalue weighted by Gasteiger charge is -2.15. The Balaban J connectivity index is 2.01. The Morgan fingerprint density at radius 3 is 2.42 bits per heavy atom. The molecule has 0 saturated heterocycles. The second kappa shape index (κ2) is 6.70. The van der Waals surface area contributed by atoms with E-state index in [0.717, 1.165) is 36.3 Å². The summed E-state index contributed by atoms with van der Waals surface area (Å²) in [6.45, 7) is 4.09. The summed E-state index contributed by atoms with van der Waals surface area (Å²) < 4.78 is 0.446. The van der Waals surface area contributed by atoms with E-state index in [-0.39, 0.29) is 0 Å². The van der Waals surface area contributed by atoms with Crippen molar-refractivity contribution < 1.29 is 0 Å². The van der Waals surface area contributed by atoms with E-state index in [1.165, 1.54) is 12.8 Å². The highest BCUT2D eigenvalue weighted by Crippen LogP contribution is 2.47. The van der Waals surface area contributed by atoms with Crippen molar-refractivity contribution in [2.45, 2.75) is 36.1 Å². The lowest BCUT2D eigenvalue weighted by Crippen LogP contribution is -2.18.